The molecule has 9 heteroatoms. The zero-order chi connectivity index (χ0) is 14.5. The van der Waals surface area contributed by atoms with Crippen LogP contribution in [0.3, 0.4) is 0 Å². The van der Waals surface area contributed by atoms with E-state index in [1.165, 1.54) is 6.07 Å². The number of hydrogen-bond donors (Lipinski definition) is 2. The number of carboxylic acid groups (broad SMARTS) is 1. The van der Waals surface area contributed by atoms with Gasteiger partial charge in [0.05, 0.1) is 23.9 Å². The van der Waals surface area contributed by atoms with Crippen LogP contribution < -0.4 is 9.47 Å². The van der Waals surface area contributed by atoms with Crippen LogP contribution in [0.2, 0.25) is 0 Å². The summed E-state index contributed by atoms with van der Waals surface area (Å²) in [5.41, 5.74) is -0.00457. The second kappa shape index (κ2) is 6.42. The number of aromatic nitrogens is 4. The van der Waals surface area contributed by atoms with Crippen molar-refractivity contribution in [1.82, 2.24) is 20.0 Å². The third kappa shape index (κ3) is 3.50. The summed E-state index contributed by atoms with van der Waals surface area (Å²) in [5, 5.41) is 18.8. The average molecular weight is 345 g/mol. The largest absolute Gasteiger partial charge is 0.477 e. The molecule has 0 fully saturated rings. The fourth-order valence-electron chi connectivity index (χ4n) is 1.45. The van der Waals surface area contributed by atoms with Crippen LogP contribution in [0, 0.1) is 0 Å². The molecule has 0 bridgehead atoms. The van der Waals surface area contributed by atoms with Crippen LogP contribution in [0.4, 0.5) is 0 Å². The zero-order valence-electron chi connectivity index (χ0n) is 10.7. The van der Waals surface area contributed by atoms with Crippen LogP contribution in [0.25, 0.3) is 0 Å². The molecule has 0 aliphatic heterocycles. The molecule has 2 N–H and O–H groups in total. The van der Waals surface area contributed by atoms with Crippen LogP contribution in [-0.2, 0) is 7.05 Å². The topological polar surface area (TPSA) is 102 Å². The number of H-pyrrole nitrogens is 1. The predicted octanol–water partition coefficient (Wildman–Crippen LogP) is 1.45. The minimum Gasteiger partial charge on any atom is -0.477 e. The highest BCUT2D eigenvalue weighted by Crippen LogP contribution is 2.23. The molecule has 20 heavy (non-hydrogen) atoms. The van der Waals surface area contributed by atoms with Gasteiger partial charge in [0.25, 0.3) is 0 Å². The lowest BCUT2D eigenvalue weighted by Crippen LogP contribution is -2.07. The molecule has 0 spiro atoms. The maximum absolute atomic E-state index is 10.6. The first-order valence-electron chi connectivity index (χ1n) is 5.79. The Kier molecular flexibility index (Phi) is 4.61. The van der Waals surface area contributed by atoms with Crippen molar-refractivity contribution >= 4 is 21.9 Å². The van der Waals surface area contributed by atoms with Gasteiger partial charge in [-0.1, -0.05) is 0 Å². The minimum absolute atomic E-state index is 0.00457. The summed E-state index contributed by atoms with van der Waals surface area (Å²) in [6, 6.07) is 1.33. The van der Waals surface area contributed by atoms with E-state index in [4.69, 9.17) is 14.6 Å². The van der Waals surface area contributed by atoms with Gasteiger partial charge in [-0.2, -0.15) is 5.10 Å². The summed E-state index contributed by atoms with van der Waals surface area (Å²) in [5.74, 6) is -0.168. The van der Waals surface area contributed by atoms with Gasteiger partial charge in [-0.25, -0.2) is 9.48 Å². The van der Waals surface area contributed by atoms with Gasteiger partial charge in [0.1, 0.15) is 5.69 Å². The first-order valence-corrected chi connectivity index (χ1v) is 6.59. The highest BCUT2D eigenvalue weighted by Gasteiger charge is 2.09. The molecule has 2 aromatic rings. The number of aromatic carboxylic acids is 1. The molecule has 2 heterocycles. The molecule has 0 amide bonds. The van der Waals surface area contributed by atoms with Crippen molar-refractivity contribution in [1.29, 1.82) is 0 Å². The second-order valence-corrected chi connectivity index (χ2v) is 4.75. The average Bonchev–Trinajstić information content (AvgIpc) is 2.99. The molecule has 0 saturated carbocycles. The maximum atomic E-state index is 10.6. The summed E-state index contributed by atoms with van der Waals surface area (Å²) in [7, 11) is 1.79. The number of nitrogens with zero attached hydrogens (tertiary/aromatic N) is 3. The highest BCUT2D eigenvalue weighted by molar-refractivity contribution is 9.10. The maximum Gasteiger partial charge on any atom is 0.354 e. The monoisotopic (exact) mass is 344 g/mol. The van der Waals surface area contributed by atoms with Gasteiger partial charge >= 0.3 is 5.97 Å². The van der Waals surface area contributed by atoms with Crippen molar-refractivity contribution < 1.29 is 19.4 Å². The highest BCUT2D eigenvalue weighted by atomic mass is 79.9. The van der Waals surface area contributed by atoms with Crippen molar-refractivity contribution in [3.05, 3.63) is 22.4 Å². The number of nitrogens with one attached hydrogen (secondary N) is 1. The third-order valence-corrected chi connectivity index (χ3v) is 2.95. The zero-order valence-corrected chi connectivity index (χ0v) is 12.3. The molecular formula is C11H13BrN4O4. The Bertz CT molecular complexity index is 576. The standard InChI is InChI=1S/C11H13BrN4O4/c1-16-10(7(12)6-13-16)20-4-2-3-19-9-5-8(11(17)18)14-15-9/h5-6H,2-4H2,1H3,(H,14,15)(H,17,18). The van der Waals surface area contributed by atoms with Crippen molar-refractivity contribution in [2.24, 2.45) is 7.05 Å². The summed E-state index contributed by atoms with van der Waals surface area (Å²) in [6.07, 6.45) is 2.29. The van der Waals surface area contributed by atoms with E-state index >= 15 is 0 Å². The van der Waals surface area contributed by atoms with E-state index < -0.39 is 5.97 Å². The number of halogens is 1. The number of aromatic amines is 1. The molecule has 0 aliphatic rings. The molecule has 0 radical (unpaired) electrons. The summed E-state index contributed by atoms with van der Waals surface area (Å²) in [6.45, 7) is 0.827. The lowest BCUT2D eigenvalue weighted by Gasteiger charge is -2.07. The van der Waals surface area contributed by atoms with Crippen molar-refractivity contribution in [2.45, 2.75) is 6.42 Å². The Morgan fingerprint density at radius 3 is 2.85 bits per heavy atom. The van der Waals surface area contributed by atoms with Crippen LogP contribution >= 0.6 is 15.9 Å². The lowest BCUT2D eigenvalue weighted by atomic mass is 10.4. The fraction of sp³-hybridized carbons (Fsp3) is 0.364. The number of hydrogen-bond acceptors (Lipinski definition) is 5. The Balaban J connectivity index is 1.70. The Morgan fingerprint density at radius 2 is 2.25 bits per heavy atom. The SMILES string of the molecule is Cn1ncc(Br)c1OCCCOc1cc(C(=O)O)[nH]n1. The summed E-state index contributed by atoms with van der Waals surface area (Å²) >= 11 is 3.33. The fourth-order valence-corrected chi connectivity index (χ4v) is 1.92. The smallest absolute Gasteiger partial charge is 0.354 e. The van der Waals surface area contributed by atoms with E-state index in [1.54, 1.807) is 17.9 Å². The van der Waals surface area contributed by atoms with Gasteiger partial charge in [0.2, 0.25) is 11.8 Å². The van der Waals surface area contributed by atoms with Crippen molar-refractivity contribution in [3.8, 4) is 11.8 Å². The number of carboxylic acids is 1. The van der Waals surface area contributed by atoms with E-state index in [0.717, 1.165) is 4.47 Å². The van der Waals surface area contributed by atoms with E-state index in [1.807, 2.05) is 0 Å². The molecule has 0 atom stereocenters. The molecule has 108 valence electrons. The number of rotatable bonds is 7. The normalized spacial score (nSPS) is 10.5. The Hall–Kier alpha value is -2.03. The summed E-state index contributed by atoms with van der Waals surface area (Å²) < 4.78 is 13.3. The van der Waals surface area contributed by atoms with Gasteiger partial charge in [-0.05, 0) is 15.9 Å². The molecule has 0 saturated heterocycles. The van der Waals surface area contributed by atoms with Crippen LogP contribution in [-0.4, -0.2) is 44.3 Å². The molecule has 0 aromatic carbocycles. The lowest BCUT2D eigenvalue weighted by molar-refractivity contribution is 0.0690. The molecule has 8 nitrogen and oxygen atoms in total. The van der Waals surface area contributed by atoms with Crippen molar-refractivity contribution in [2.75, 3.05) is 13.2 Å². The van der Waals surface area contributed by atoms with Gasteiger partial charge < -0.3 is 14.6 Å². The van der Waals surface area contributed by atoms with Gasteiger partial charge in [0, 0.05) is 19.5 Å². The Morgan fingerprint density at radius 1 is 1.50 bits per heavy atom. The van der Waals surface area contributed by atoms with E-state index in [-0.39, 0.29) is 11.6 Å². The van der Waals surface area contributed by atoms with Gasteiger partial charge in [-0.3, -0.25) is 5.10 Å². The van der Waals surface area contributed by atoms with Crippen molar-refractivity contribution in [3.63, 3.8) is 0 Å². The number of carbonyl (C=O) groups is 1. The first-order chi connectivity index (χ1) is 9.58. The van der Waals surface area contributed by atoms with Gasteiger partial charge in [0.15, 0.2) is 0 Å². The number of ether oxygens (including phenoxy) is 2. The van der Waals surface area contributed by atoms with Crippen LogP contribution in [0.15, 0.2) is 16.7 Å². The van der Waals surface area contributed by atoms with Crippen LogP contribution in [0.1, 0.15) is 16.9 Å². The molecular weight excluding hydrogens is 332 g/mol. The quantitative estimate of drug-likeness (QED) is 0.737. The van der Waals surface area contributed by atoms with E-state index in [0.29, 0.717) is 25.5 Å². The molecule has 0 unspecified atom stereocenters. The van der Waals surface area contributed by atoms with E-state index in [2.05, 4.69) is 31.2 Å². The molecule has 2 rings (SSSR count). The second-order valence-electron chi connectivity index (χ2n) is 3.90. The predicted molar refractivity (Wildman–Crippen MR) is 72.1 cm³/mol. The third-order valence-electron chi connectivity index (χ3n) is 2.40. The molecule has 2 aromatic heterocycles. The molecule has 0 aliphatic carbocycles. The van der Waals surface area contributed by atoms with E-state index in [9.17, 15) is 4.79 Å². The number of aryl methyl sites for hydroxylation is 1. The Labute approximate surface area is 122 Å². The first kappa shape index (κ1) is 14.4. The van der Waals surface area contributed by atoms with Gasteiger partial charge in [-0.15, -0.1) is 5.10 Å². The summed E-state index contributed by atoms with van der Waals surface area (Å²) in [4.78, 5) is 10.6. The minimum atomic E-state index is -1.07. The van der Waals surface area contributed by atoms with Crippen LogP contribution in [0.5, 0.6) is 11.8 Å².